The molecule has 26 heavy (non-hydrogen) atoms. The van der Waals surface area contributed by atoms with Gasteiger partial charge in [-0.1, -0.05) is 12.1 Å². The zero-order valence-electron chi connectivity index (χ0n) is 14.9. The first-order valence-electron chi connectivity index (χ1n) is 8.16. The van der Waals surface area contributed by atoms with Gasteiger partial charge in [0.05, 0.1) is 19.3 Å². The van der Waals surface area contributed by atoms with Crippen LogP contribution in [0.15, 0.2) is 29.6 Å². The van der Waals surface area contributed by atoms with Crippen LogP contribution in [-0.4, -0.2) is 71.6 Å². The number of carboxylic acid groups (broad SMARTS) is 2. The second-order valence-corrected chi connectivity index (χ2v) is 6.82. The third-order valence-corrected chi connectivity index (χ3v) is 4.33. The highest BCUT2D eigenvalue weighted by atomic mass is 32.1. The molecule has 0 bridgehead atoms. The molecular formula is C18H25NO6S. The van der Waals surface area contributed by atoms with Crippen LogP contribution in [0.2, 0.25) is 0 Å². The number of aliphatic carboxylic acids is 2. The minimum Gasteiger partial charge on any atom is -0.473 e. The monoisotopic (exact) mass is 383 g/mol. The summed E-state index contributed by atoms with van der Waals surface area (Å²) in [5.41, 5.74) is 1.33. The van der Waals surface area contributed by atoms with Gasteiger partial charge in [0.1, 0.15) is 0 Å². The normalized spacial score (nSPS) is 11.8. The Balaban J connectivity index is 0.000000487. The Labute approximate surface area is 156 Å². The maximum absolute atomic E-state index is 9.26. The molecule has 0 amide bonds. The van der Waals surface area contributed by atoms with Crippen molar-refractivity contribution in [2.75, 3.05) is 33.4 Å². The second kappa shape index (κ2) is 11.6. The molecule has 144 valence electrons. The van der Waals surface area contributed by atoms with E-state index < -0.39 is 11.9 Å². The van der Waals surface area contributed by atoms with Crippen molar-refractivity contribution in [3.63, 3.8) is 0 Å². The smallest absolute Gasteiger partial charge is 0.414 e. The van der Waals surface area contributed by atoms with Gasteiger partial charge in [0.2, 0.25) is 0 Å². The number of aliphatic hydroxyl groups excluding tert-OH is 1. The average molecular weight is 383 g/mol. The van der Waals surface area contributed by atoms with Gasteiger partial charge in [0, 0.05) is 17.8 Å². The highest BCUT2D eigenvalue weighted by Crippen LogP contribution is 2.21. The quantitative estimate of drug-likeness (QED) is 0.472. The number of nitrogens with zero attached hydrogens (tertiary/aromatic N) is 1. The zero-order chi connectivity index (χ0) is 19.5. The van der Waals surface area contributed by atoms with Crippen LogP contribution in [-0.2, 0) is 20.7 Å². The first-order valence-corrected chi connectivity index (χ1v) is 9.04. The number of carboxylic acids is 2. The molecule has 1 heterocycles. The van der Waals surface area contributed by atoms with Crippen molar-refractivity contribution in [3.05, 3.63) is 35.2 Å². The van der Waals surface area contributed by atoms with Crippen molar-refractivity contribution < 1.29 is 29.6 Å². The Bertz CT molecular complexity index is 688. The number of thiophene rings is 1. The molecule has 7 nitrogen and oxygen atoms in total. The third kappa shape index (κ3) is 8.91. The maximum atomic E-state index is 9.26. The van der Waals surface area contributed by atoms with E-state index in [-0.39, 0.29) is 6.10 Å². The Morgan fingerprint density at radius 1 is 1.19 bits per heavy atom. The van der Waals surface area contributed by atoms with Crippen LogP contribution < -0.4 is 0 Å². The summed E-state index contributed by atoms with van der Waals surface area (Å²) in [5, 5.41) is 27.5. The molecule has 0 radical (unpaired) electrons. The van der Waals surface area contributed by atoms with Gasteiger partial charge in [-0.2, -0.15) is 0 Å². The summed E-state index contributed by atoms with van der Waals surface area (Å²) in [6.07, 6.45) is 0.670. The number of hydrogen-bond acceptors (Lipinski definition) is 6. The number of hydrogen-bond donors (Lipinski definition) is 3. The zero-order valence-corrected chi connectivity index (χ0v) is 15.7. The summed E-state index contributed by atoms with van der Waals surface area (Å²) in [6.45, 7) is 4.81. The van der Waals surface area contributed by atoms with Gasteiger partial charge < -0.3 is 25.0 Å². The van der Waals surface area contributed by atoms with Crippen molar-refractivity contribution >= 4 is 33.4 Å². The molecule has 3 N–H and O–H groups in total. The van der Waals surface area contributed by atoms with Gasteiger partial charge in [-0.15, -0.1) is 11.3 Å². The predicted molar refractivity (Wildman–Crippen MR) is 101 cm³/mol. The highest BCUT2D eigenvalue weighted by Gasteiger charge is 2.04. The molecule has 8 heteroatoms. The number of likely N-dealkylation sites (N-methyl/N-ethyl adjacent to an activating group) is 1. The molecule has 0 spiro atoms. The molecule has 0 fully saturated rings. The Kier molecular flexibility index (Phi) is 9.82. The van der Waals surface area contributed by atoms with E-state index in [1.54, 1.807) is 18.3 Å². The van der Waals surface area contributed by atoms with Crippen LogP contribution in [0.1, 0.15) is 12.5 Å². The number of ether oxygens (including phenoxy) is 1. The average Bonchev–Trinajstić information content (AvgIpc) is 3.02. The minimum atomic E-state index is -1.82. The third-order valence-electron chi connectivity index (χ3n) is 3.43. The molecule has 1 aromatic carbocycles. The fraction of sp³-hybridized carbons (Fsp3) is 0.444. The molecule has 0 aliphatic heterocycles. The topological polar surface area (TPSA) is 107 Å². The Morgan fingerprint density at radius 2 is 1.88 bits per heavy atom. The van der Waals surface area contributed by atoms with Crippen molar-refractivity contribution in [2.45, 2.75) is 19.4 Å². The largest absolute Gasteiger partial charge is 0.473 e. The lowest BCUT2D eigenvalue weighted by Gasteiger charge is -2.18. The first kappa shape index (κ1) is 22.0. The van der Waals surface area contributed by atoms with E-state index in [1.165, 1.54) is 15.6 Å². The number of carbonyl (C=O) groups is 2. The van der Waals surface area contributed by atoms with E-state index >= 15 is 0 Å². The van der Waals surface area contributed by atoms with E-state index in [9.17, 15) is 5.11 Å². The van der Waals surface area contributed by atoms with E-state index in [1.807, 2.05) is 7.05 Å². The molecule has 2 aromatic rings. The van der Waals surface area contributed by atoms with Crippen LogP contribution in [0.5, 0.6) is 0 Å². The molecule has 0 saturated heterocycles. The van der Waals surface area contributed by atoms with Gasteiger partial charge in [-0.3, -0.25) is 0 Å². The molecular weight excluding hydrogens is 358 g/mol. The molecule has 1 aromatic heterocycles. The number of fused-ring (bicyclic) bond motifs is 1. The number of aliphatic hydroxyl groups is 1. The minimum absolute atomic E-state index is 0.280. The first-order chi connectivity index (χ1) is 12.3. The summed E-state index contributed by atoms with van der Waals surface area (Å²) >= 11 is 1.78. The summed E-state index contributed by atoms with van der Waals surface area (Å²) in [4.78, 5) is 20.3. The van der Waals surface area contributed by atoms with Gasteiger partial charge >= 0.3 is 11.9 Å². The van der Waals surface area contributed by atoms with Crippen LogP contribution in [0.25, 0.3) is 10.1 Å². The van der Waals surface area contributed by atoms with Crippen molar-refractivity contribution in [2.24, 2.45) is 0 Å². The highest BCUT2D eigenvalue weighted by molar-refractivity contribution is 7.17. The Morgan fingerprint density at radius 3 is 2.50 bits per heavy atom. The fourth-order valence-electron chi connectivity index (χ4n) is 2.23. The molecule has 2 rings (SSSR count). The van der Waals surface area contributed by atoms with Crippen LogP contribution in [0.4, 0.5) is 0 Å². The van der Waals surface area contributed by atoms with Gasteiger partial charge in [0.15, 0.2) is 0 Å². The molecule has 0 aliphatic carbocycles. The lowest BCUT2D eigenvalue weighted by Crippen LogP contribution is -2.30. The van der Waals surface area contributed by atoms with E-state index in [0.717, 1.165) is 19.6 Å². The summed E-state index contributed by atoms with van der Waals surface area (Å²) in [5.74, 6) is -3.65. The predicted octanol–water partition coefficient (Wildman–Crippen LogP) is 1.93. The summed E-state index contributed by atoms with van der Waals surface area (Å²) < 4.78 is 7.00. The Hall–Kier alpha value is -2.00. The molecule has 1 atom stereocenters. The van der Waals surface area contributed by atoms with Gasteiger partial charge in [-0.05, 0) is 48.9 Å². The van der Waals surface area contributed by atoms with Crippen LogP contribution in [0.3, 0.4) is 0 Å². The van der Waals surface area contributed by atoms with Crippen LogP contribution >= 0.6 is 11.3 Å². The van der Waals surface area contributed by atoms with Crippen LogP contribution in [0, 0.1) is 0 Å². The maximum Gasteiger partial charge on any atom is 0.414 e. The van der Waals surface area contributed by atoms with Gasteiger partial charge in [-0.25, -0.2) is 9.59 Å². The second-order valence-electron chi connectivity index (χ2n) is 5.88. The molecule has 1 unspecified atom stereocenters. The van der Waals surface area contributed by atoms with E-state index in [2.05, 4.69) is 34.5 Å². The molecule has 0 aliphatic rings. The van der Waals surface area contributed by atoms with Gasteiger partial charge in [0.25, 0.3) is 0 Å². The SMILES string of the molecule is CC(O)CN(C)CCOCCc1ccc2sccc2c1.O=C(O)C(=O)O. The standard InChI is InChI=1S/C16H23NO2S.C2H2O4/c1-13(18)12-17(2)7-9-19-8-5-14-3-4-16-15(11-14)6-10-20-16;3-1(4)2(5)6/h3-4,6,10-11,13,18H,5,7-9,12H2,1-2H3;(H,3,4)(H,5,6). The fourth-order valence-corrected chi connectivity index (χ4v) is 3.00. The number of benzene rings is 1. The van der Waals surface area contributed by atoms with Crippen molar-refractivity contribution in [1.82, 2.24) is 4.90 Å². The van der Waals surface area contributed by atoms with E-state index in [4.69, 9.17) is 24.5 Å². The summed E-state index contributed by atoms with van der Waals surface area (Å²) in [6, 6.07) is 8.78. The lowest BCUT2D eigenvalue weighted by molar-refractivity contribution is -0.159. The van der Waals surface area contributed by atoms with Crippen molar-refractivity contribution in [3.8, 4) is 0 Å². The molecule has 0 saturated carbocycles. The summed E-state index contributed by atoms with van der Waals surface area (Å²) in [7, 11) is 2.00. The number of rotatable bonds is 8. The van der Waals surface area contributed by atoms with Crippen molar-refractivity contribution in [1.29, 1.82) is 0 Å². The lowest BCUT2D eigenvalue weighted by atomic mass is 10.1. The van der Waals surface area contributed by atoms with E-state index in [0.29, 0.717) is 13.2 Å².